The van der Waals surface area contributed by atoms with Gasteiger partial charge in [0.25, 0.3) is 11.8 Å². The lowest BCUT2D eigenvalue weighted by molar-refractivity contribution is -0.125. The summed E-state index contributed by atoms with van der Waals surface area (Å²) >= 11 is 6.18. The fourth-order valence-corrected chi connectivity index (χ4v) is 4.12. The van der Waals surface area contributed by atoms with Crippen molar-refractivity contribution in [3.63, 3.8) is 0 Å². The molecule has 0 aliphatic carbocycles. The normalized spacial score (nSPS) is 16.2. The van der Waals surface area contributed by atoms with Crippen molar-refractivity contribution < 1.29 is 14.4 Å². The van der Waals surface area contributed by atoms with E-state index in [0.29, 0.717) is 42.1 Å². The molecule has 3 rings (SSSR count). The highest BCUT2D eigenvalue weighted by Gasteiger charge is 2.34. The monoisotopic (exact) mass is 455 g/mol. The number of amides is 3. The average molecular weight is 456 g/mol. The third-order valence-electron chi connectivity index (χ3n) is 6.01. The van der Waals surface area contributed by atoms with E-state index >= 15 is 0 Å². The van der Waals surface area contributed by atoms with E-state index in [1.54, 1.807) is 36.4 Å². The van der Waals surface area contributed by atoms with Gasteiger partial charge in [-0.15, -0.1) is 0 Å². The van der Waals surface area contributed by atoms with E-state index in [9.17, 15) is 14.4 Å². The summed E-state index contributed by atoms with van der Waals surface area (Å²) in [6.07, 6.45) is 2.04. The Bertz CT molecular complexity index is 942. The number of piperidine rings is 1. The first-order valence-electron chi connectivity index (χ1n) is 11.1. The number of nitrogens with one attached hydrogen (secondary N) is 2. The van der Waals surface area contributed by atoms with E-state index in [4.69, 9.17) is 11.6 Å². The van der Waals surface area contributed by atoms with Crippen LogP contribution < -0.4 is 10.6 Å². The van der Waals surface area contributed by atoms with Crippen LogP contribution in [-0.2, 0) is 4.79 Å². The summed E-state index contributed by atoms with van der Waals surface area (Å²) in [6, 6.07) is 15.3. The van der Waals surface area contributed by atoms with Crippen LogP contribution in [0.15, 0.2) is 54.6 Å². The maximum atomic E-state index is 13.1. The van der Waals surface area contributed by atoms with Crippen LogP contribution in [0.25, 0.3) is 0 Å². The highest BCUT2D eigenvalue weighted by Crippen LogP contribution is 2.24. The number of nitrogens with zero attached hydrogens (tertiary/aromatic N) is 1. The quantitative estimate of drug-likeness (QED) is 0.664. The Kier molecular flexibility index (Phi) is 8.28. The SMILES string of the molecule is CC[C@H](C)NC(=O)[C@H](NC(=O)c1ccccc1Cl)C1CCN(C(=O)c2ccccc2)CC1. The van der Waals surface area contributed by atoms with Crippen LogP contribution in [-0.4, -0.2) is 47.8 Å². The van der Waals surface area contributed by atoms with Gasteiger partial charge in [-0.25, -0.2) is 0 Å². The first-order valence-corrected chi connectivity index (χ1v) is 11.5. The third-order valence-corrected chi connectivity index (χ3v) is 6.34. The Labute approximate surface area is 194 Å². The van der Waals surface area contributed by atoms with Gasteiger partial charge in [0.2, 0.25) is 5.91 Å². The van der Waals surface area contributed by atoms with Crippen LogP contribution in [0.3, 0.4) is 0 Å². The maximum Gasteiger partial charge on any atom is 0.253 e. The smallest absolute Gasteiger partial charge is 0.253 e. The molecule has 32 heavy (non-hydrogen) atoms. The number of hydrogen-bond donors (Lipinski definition) is 2. The van der Waals surface area contributed by atoms with Crippen LogP contribution in [0.1, 0.15) is 53.8 Å². The Hall–Kier alpha value is -2.86. The molecule has 2 N–H and O–H groups in total. The Balaban J connectivity index is 1.71. The molecule has 0 bridgehead atoms. The predicted octanol–water partition coefficient (Wildman–Crippen LogP) is 3.91. The van der Waals surface area contributed by atoms with Crippen LogP contribution in [0.5, 0.6) is 0 Å². The molecule has 7 heteroatoms. The van der Waals surface area contributed by atoms with Gasteiger partial charge in [-0.1, -0.05) is 48.9 Å². The van der Waals surface area contributed by atoms with Crippen molar-refractivity contribution in [3.8, 4) is 0 Å². The average Bonchev–Trinajstić information content (AvgIpc) is 2.82. The highest BCUT2D eigenvalue weighted by molar-refractivity contribution is 6.33. The summed E-state index contributed by atoms with van der Waals surface area (Å²) < 4.78 is 0. The van der Waals surface area contributed by atoms with Crippen LogP contribution >= 0.6 is 11.6 Å². The second-order valence-electron chi connectivity index (χ2n) is 8.24. The predicted molar refractivity (Wildman–Crippen MR) is 126 cm³/mol. The summed E-state index contributed by atoms with van der Waals surface area (Å²) in [5, 5.41) is 6.24. The molecule has 170 valence electrons. The van der Waals surface area contributed by atoms with Crippen molar-refractivity contribution in [3.05, 3.63) is 70.7 Å². The van der Waals surface area contributed by atoms with Gasteiger partial charge in [0.15, 0.2) is 0 Å². The van der Waals surface area contributed by atoms with Gasteiger partial charge >= 0.3 is 0 Å². The fraction of sp³-hybridized carbons (Fsp3) is 0.400. The molecule has 2 aromatic rings. The first-order chi connectivity index (χ1) is 15.4. The minimum atomic E-state index is -0.693. The van der Waals surface area contributed by atoms with Gasteiger partial charge in [0.05, 0.1) is 10.6 Å². The van der Waals surface area contributed by atoms with Crippen molar-refractivity contribution in [2.75, 3.05) is 13.1 Å². The fourth-order valence-electron chi connectivity index (χ4n) is 3.90. The molecule has 0 aromatic heterocycles. The second kappa shape index (κ2) is 11.1. The lowest BCUT2D eigenvalue weighted by Crippen LogP contribution is -2.55. The number of rotatable bonds is 7. The van der Waals surface area contributed by atoms with Gasteiger partial charge in [-0.3, -0.25) is 14.4 Å². The molecule has 2 aromatic carbocycles. The molecule has 0 saturated carbocycles. The number of carbonyl (C=O) groups is 3. The zero-order valence-corrected chi connectivity index (χ0v) is 19.3. The topological polar surface area (TPSA) is 78.5 Å². The molecule has 2 atom stereocenters. The van der Waals surface area contributed by atoms with E-state index in [1.165, 1.54) is 0 Å². The minimum absolute atomic E-state index is 0.00182. The van der Waals surface area contributed by atoms with E-state index in [2.05, 4.69) is 10.6 Å². The lowest BCUT2D eigenvalue weighted by Gasteiger charge is -2.36. The lowest BCUT2D eigenvalue weighted by atomic mass is 9.88. The van der Waals surface area contributed by atoms with E-state index < -0.39 is 6.04 Å². The molecular weight excluding hydrogens is 426 g/mol. The molecule has 6 nitrogen and oxygen atoms in total. The number of likely N-dealkylation sites (tertiary alicyclic amines) is 1. The minimum Gasteiger partial charge on any atom is -0.352 e. The molecule has 3 amide bonds. The highest BCUT2D eigenvalue weighted by atomic mass is 35.5. The summed E-state index contributed by atoms with van der Waals surface area (Å²) in [4.78, 5) is 40.5. The first kappa shape index (κ1) is 23.8. The molecule has 1 aliphatic heterocycles. The second-order valence-corrected chi connectivity index (χ2v) is 8.65. The van der Waals surface area contributed by atoms with E-state index in [-0.39, 0.29) is 29.7 Å². The van der Waals surface area contributed by atoms with Gasteiger partial charge in [-0.2, -0.15) is 0 Å². The molecule has 0 unspecified atom stereocenters. The summed E-state index contributed by atoms with van der Waals surface area (Å²) in [5.74, 6) is -0.662. The summed E-state index contributed by atoms with van der Waals surface area (Å²) in [7, 11) is 0. The largest absolute Gasteiger partial charge is 0.352 e. The van der Waals surface area contributed by atoms with Crippen molar-refractivity contribution >= 4 is 29.3 Å². The number of benzene rings is 2. The molecule has 1 aliphatic rings. The van der Waals surface area contributed by atoms with Crippen LogP contribution in [0.4, 0.5) is 0 Å². The van der Waals surface area contributed by atoms with Crippen molar-refractivity contribution in [2.45, 2.75) is 45.2 Å². The summed E-state index contributed by atoms with van der Waals surface area (Å²) in [6.45, 7) is 5.00. The van der Waals surface area contributed by atoms with Crippen LogP contribution in [0.2, 0.25) is 5.02 Å². The van der Waals surface area contributed by atoms with Crippen molar-refractivity contribution in [2.24, 2.45) is 5.92 Å². The molecule has 1 heterocycles. The number of hydrogen-bond acceptors (Lipinski definition) is 3. The van der Waals surface area contributed by atoms with Gasteiger partial charge < -0.3 is 15.5 Å². The molecular formula is C25H30ClN3O3. The third kappa shape index (κ3) is 5.88. The van der Waals surface area contributed by atoms with Gasteiger partial charge in [0, 0.05) is 24.7 Å². The number of carbonyl (C=O) groups excluding carboxylic acids is 3. The van der Waals surface area contributed by atoms with Gasteiger partial charge in [-0.05, 0) is 56.4 Å². The van der Waals surface area contributed by atoms with E-state index in [1.807, 2.05) is 36.9 Å². The maximum absolute atomic E-state index is 13.1. The zero-order valence-electron chi connectivity index (χ0n) is 18.5. The Morgan fingerprint density at radius 1 is 1.00 bits per heavy atom. The van der Waals surface area contributed by atoms with E-state index in [0.717, 1.165) is 6.42 Å². The zero-order chi connectivity index (χ0) is 23.1. The van der Waals surface area contributed by atoms with Crippen LogP contribution in [0, 0.1) is 5.92 Å². The molecule has 0 radical (unpaired) electrons. The molecule has 0 spiro atoms. The van der Waals surface area contributed by atoms with Crippen molar-refractivity contribution in [1.82, 2.24) is 15.5 Å². The van der Waals surface area contributed by atoms with Crippen molar-refractivity contribution in [1.29, 1.82) is 0 Å². The Morgan fingerprint density at radius 3 is 2.25 bits per heavy atom. The van der Waals surface area contributed by atoms with Gasteiger partial charge in [0.1, 0.15) is 6.04 Å². The Morgan fingerprint density at radius 2 is 1.62 bits per heavy atom. The summed E-state index contributed by atoms with van der Waals surface area (Å²) in [5.41, 5.74) is 0.997. The molecule has 1 fully saturated rings. The number of halogens is 1. The standard InChI is InChI=1S/C25H30ClN3O3/c1-3-17(2)27-24(31)22(28-23(30)20-11-7-8-12-21(20)26)18-13-15-29(16-14-18)25(32)19-9-5-4-6-10-19/h4-12,17-18,22H,3,13-16H2,1-2H3,(H,27,31)(H,28,30)/t17-,22+/m0/s1. The molecule has 1 saturated heterocycles.